The van der Waals surface area contributed by atoms with Crippen LogP contribution in [0.5, 0.6) is 11.5 Å². The Morgan fingerprint density at radius 1 is 1.08 bits per heavy atom. The van der Waals surface area contributed by atoms with Gasteiger partial charge in [0.05, 0.1) is 18.3 Å². The van der Waals surface area contributed by atoms with Crippen molar-refractivity contribution in [2.75, 3.05) is 18.1 Å². The van der Waals surface area contributed by atoms with E-state index in [-0.39, 0.29) is 24.3 Å². The van der Waals surface area contributed by atoms with Gasteiger partial charge in [-0.05, 0) is 60.9 Å². The molecule has 3 aromatic carbocycles. The molecule has 0 aliphatic carbocycles. The smallest absolute Gasteiger partial charge is 0.294 e. The number of rotatable bonds is 9. The second-order valence-corrected chi connectivity index (χ2v) is 8.96. The van der Waals surface area contributed by atoms with Crippen LogP contribution < -0.4 is 19.7 Å². The zero-order valence-corrected chi connectivity index (χ0v) is 21.1. The highest BCUT2D eigenvalue weighted by Gasteiger charge is 2.32. The molecule has 0 aromatic heterocycles. The molecule has 36 heavy (non-hydrogen) atoms. The number of carbonyl (C=O) groups excluding carboxylic acids is 2. The second-order valence-electron chi connectivity index (χ2n) is 8.55. The average Bonchev–Trinajstić information content (AvgIpc) is 2.88. The molecule has 1 N–H and O–H groups in total. The van der Waals surface area contributed by atoms with Crippen LogP contribution >= 0.6 is 11.6 Å². The maximum Gasteiger partial charge on any atom is 0.294 e. The molecular weight excluding hydrogens is 476 g/mol. The number of halogens is 1. The van der Waals surface area contributed by atoms with Gasteiger partial charge >= 0.3 is 0 Å². The van der Waals surface area contributed by atoms with E-state index in [1.54, 1.807) is 36.4 Å². The van der Waals surface area contributed by atoms with Crippen LogP contribution in [0.2, 0.25) is 5.02 Å². The first-order valence-electron chi connectivity index (χ1n) is 12.0. The van der Waals surface area contributed by atoms with Crippen molar-refractivity contribution < 1.29 is 19.1 Å². The van der Waals surface area contributed by atoms with E-state index >= 15 is 0 Å². The molecule has 0 spiro atoms. The van der Waals surface area contributed by atoms with Crippen molar-refractivity contribution in [3.05, 3.63) is 94.7 Å². The molecule has 0 bridgehead atoms. The van der Waals surface area contributed by atoms with Gasteiger partial charge in [-0.3, -0.25) is 14.5 Å². The van der Waals surface area contributed by atoms with E-state index in [0.29, 0.717) is 28.6 Å². The lowest BCUT2D eigenvalue weighted by Crippen LogP contribution is -2.44. The standard InChI is InChI=1S/C29H29ClN2O4/c1-3-4-17-35-23-15-13-21(14-16-23)20(2)31-28(33)19-32-25-11-7-8-12-26(25)36-27(29(32)34)18-22-9-5-6-10-24(22)30/h5-16,18,20H,3-4,17,19H2,1-2H3,(H,31,33)/b27-18+/t20-/m0/s1. The number of nitrogens with one attached hydrogen (secondary N) is 1. The fourth-order valence-electron chi connectivity index (χ4n) is 3.85. The van der Waals surface area contributed by atoms with Crippen molar-refractivity contribution in [1.82, 2.24) is 5.32 Å². The second kappa shape index (κ2) is 11.8. The number of fused-ring (bicyclic) bond motifs is 1. The van der Waals surface area contributed by atoms with Gasteiger partial charge in [0.1, 0.15) is 12.3 Å². The number of carbonyl (C=O) groups is 2. The monoisotopic (exact) mass is 504 g/mol. The fourth-order valence-corrected chi connectivity index (χ4v) is 4.04. The lowest BCUT2D eigenvalue weighted by molar-refractivity contribution is -0.123. The van der Waals surface area contributed by atoms with Crippen molar-refractivity contribution in [3.8, 4) is 11.5 Å². The van der Waals surface area contributed by atoms with Crippen LogP contribution in [0.4, 0.5) is 5.69 Å². The van der Waals surface area contributed by atoms with Crippen LogP contribution in [0.15, 0.2) is 78.6 Å². The number of unbranched alkanes of at least 4 members (excludes halogenated alkanes) is 1. The molecule has 1 heterocycles. The molecule has 1 aliphatic rings. The molecule has 4 rings (SSSR count). The van der Waals surface area contributed by atoms with Gasteiger partial charge in [0.2, 0.25) is 5.91 Å². The molecule has 0 unspecified atom stereocenters. The zero-order valence-electron chi connectivity index (χ0n) is 20.4. The first kappa shape index (κ1) is 25.3. The first-order chi connectivity index (χ1) is 17.5. The molecule has 0 radical (unpaired) electrons. The Bertz CT molecular complexity index is 1260. The molecule has 1 atom stereocenters. The van der Waals surface area contributed by atoms with Gasteiger partial charge in [0.25, 0.3) is 5.91 Å². The Labute approximate surface area is 216 Å². The van der Waals surface area contributed by atoms with E-state index in [9.17, 15) is 9.59 Å². The molecule has 3 aromatic rings. The summed E-state index contributed by atoms with van der Waals surface area (Å²) in [5, 5.41) is 3.49. The molecule has 0 fully saturated rings. The van der Waals surface area contributed by atoms with Gasteiger partial charge in [-0.15, -0.1) is 0 Å². The number of anilines is 1. The molecule has 6 nitrogen and oxygen atoms in total. The minimum Gasteiger partial charge on any atom is -0.494 e. The van der Waals surface area contributed by atoms with Crippen LogP contribution in [-0.2, 0) is 9.59 Å². The van der Waals surface area contributed by atoms with Crippen LogP contribution in [0, 0.1) is 0 Å². The summed E-state index contributed by atoms with van der Waals surface area (Å²) in [5.74, 6) is 0.702. The Morgan fingerprint density at radius 2 is 1.81 bits per heavy atom. The van der Waals surface area contributed by atoms with Crippen LogP contribution in [0.25, 0.3) is 6.08 Å². The molecular formula is C29H29ClN2O4. The van der Waals surface area contributed by atoms with Gasteiger partial charge in [-0.1, -0.05) is 67.4 Å². The third-order valence-corrected chi connectivity index (χ3v) is 6.19. The van der Waals surface area contributed by atoms with Crippen molar-refractivity contribution in [2.45, 2.75) is 32.7 Å². The van der Waals surface area contributed by atoms with Crippen molar-refractivity contribution in [2.24, 2.45) is 0 Å². The number of ether oxygens (including phenoxy) is 2. The van der Waals surface area contributed by atoms with E-state index in [4.69, 9.17) is 21.1 Å². The summed E-state index contributed by atoms with van der Waals surface area (Å²) in [6.45, 7) is 4.56. The number of benzene rings is 3. The summed E-state index contributed by atoms with van der Waals surface area (Å²) in [6, 6.07) is 21.8. The highest BCUT2D eigenvalue weighted by Crippen LogP contribution is 2.36. The van der Waals surface area contributed by atoms with Crippen LogP contribution in [0.3, 0.4) is 0 Å². The zero-order chi connectivity index (χ0) is 25.5. The molecule has 0 saturated heterocycles. The fraction of sp³-hybridized carbons (Fsp3) is 0.241. The lowest BCUT2D eigenvalue weighted by Gasteiger charge is -2.30. The highest BCUT2D eigenvalue weighted by atomic mass is 35.5. The topological polar surface area (TPSA) is 67.9 Å². The maximum absolute atomic E-state index is 13.3. The maximum atomic E-state index is 13.3. The van der Waals surface area contributed by atoms with E-state index < -0.39 is 5.91 Å². The Balaban J connectivity index is 1.47. The van der Waals surface area contributed by atoms with Crippen molar-refractivity contribution in [1.29, 1.82) is 0 Å². The normalized spacial score (nSPS) is 14.7. The van der Waals surface area contributed by atoms with Gasteiger partial charge in [0.15, 0.2) is 11.5 Å². The van der Waals surface area contributed by atoms with Crippen LogP contribution in [0.1, 0.15) is 43.9 Å². The average molecular weight is 505 g/mol. The van der Waals surface area contributed by atoms with E-state index in [0.717, 1.165) is 24.2 Å². The number of para-hydroxylation sites is 2. The SMILES string of the molecule is CCCCOc1ccc([C@H](C)NC(=O)CN2C(=O)/C(=C\c3ccccc3Cl)Oc3ccccc32)cc1. The number of amides is 2. The summed E-state index contributed by atoms with van der Waals surface area (Å²) in [5.41, 5.74) is 2.14. The first-order valence-corrected chi connectivity index (χ1v) is 12.4. The predicted octanol–water partition coefficient (Wildman–Crippen LogP) is 6.16. The molecule has 1 aliphatic heterocycles. The quantitative estimate of drug-likeness (QED) is 0.280. The summed E-state index contributed by atoms with van der Waals surface area (Å²) < 4.78 is 11.6. The molecule has 0 saturated carbocycles. The molecule has 186 valence electrons. The summed E-state index contributed by atoms with van der Waals surface area (Å²) in [4.78, 5) is 27.8. The number of nitrogens with zero attached hydrogens (tertiary/aromatic N) is 1. The molecule has 2 amide bonds. The Hall–Kier alpha value is -3.77. The van der Waals surface area contributed by atoms with E-state index in [1.165, 1.54) is 4.90 Å². The minimum absolute atomic E-state index is 0.0984. The highest BCUT2D eigenvalue weighted by molar-refractivity contribution is 6.32. The van der Waals surface area contributed by atoms with Crippen LogP contribution in [-0.4, -0.2) is 25.0 Å². The number of hydrogen-bond donors (Lipinski definition) is 1. The van der Waals surface area contributed by atoms with E-state index in [2.05, 4.69) is 12.2 Å². The predicted molar refractivity (Wildman–Crippen MR) is 142 cm³/mol. The lowest BCUT2D eigenvalue weighted by atomic mass is 10.1. The Kier molecular flexibility index (Phi) is 8.28. The summed E-state index contributed by atoms with van der Waals surface area (Å²) in [7, 11) is 0. The van der Waals surface area contributed by atoms with Gasteiger partial charge < -0.3 is 14.8 Å². The third kappa shape index (κ3) is 6.07. The number of hydrogen-bond acceptors (Lipinski definition) is 4. The Morgan fingerprint density at radius 3 is 2.56 bits per heavy atom. The van der Waals surface area contributed by atoms with E-state index in [1.807, 2.05) is 49.4 Å². The largest absolute Gasteiger partial charge is 0.494 e. The van der Waals surface area contributed by atoms with Gasteiger partial charge in [0, 0.05) is 5.02 Å². The van der Waals surface area contributed by atoms with Gasteiger partial charge in [-0.25, -0.2) is 0 Å². The molecule has 7 heteroatoms. The van der Waals surface area contributed by atoms with Crippen molar-refractivity contribution in [3.63, 3.8) is 0 Å². The van der Waals surface area contributed by atoms with Crippen molar-refractivity contribution >= 4 is 35.2 Å². The summed E-state index contributed by atoms with van der Waals surface area (Å²) >= 11 is 6.27. The van der Waals surface area contributed by atoms with Gasteiger partial charge in [-0.2, -0.15) is 0 Å². The minimum atomic E-state index is -0.412. The third-order valence-electron chi connectivity index (χ3n) is 5.85. The summed E-state index contributed by atoms with van der Waals surface area (Å²) in [6.07, 6.45) is 3.68.